The number of nitrogens with zero attached hydrogens (tertiary/aromatic N) is 3. The van der Waals surface area contributed by atoms with E-state index in [0.29, 0.717) is 12.0 Å². The second-order valence-corrected chi connectivity index (χ2v) is 8.66. The van der Waals surface area contributed by atoms with Crippen molar-refractivity contribution < 1.29 is 9.53 Å². The lowest BCUT2D eigenvalue weighted by Crippen LogP contribution is -2.55. The van der Waals surface area contributed by atoms with Gasteiger partial charge in [0.1, 0.15) is 5.60 Å². The van der Waals surface area contributed by atoms with E-state index in [9.17, 15) is 4.79 Å². The Labute approximate surface area is 160 Å². The summed E-state index contributed by atoms with van der Waals surface area (Å²) >= 11 is 0. The monoisotopic (exact) mass is 368 g/mol. The molecule has 1 amide bonds. The fourth-order valence-electron chi connectivity index (χ4n) is 4.13. The van der Waals surface area contributed by atoms with Gasteiger partial charge in [0.25, 0.3) is 0 Å². The molecule has 0 aromatic carbocycles. The molecule has 2 unspecified atom stereocenters. The van der Waals surface area contributed by atoms with Crippen molar-refractivity contribution in [1.29, 1.82) is 0 Å². The third kappa shape index (κ3) is 6.39. The third-order valence-electron chi connectivity index (χ3n) is 5.63. The van der Waals surface area contributed by atoms with E-state index in [1.54, 1.807) is 0 Å². The van der Waals surface area contributed by atoms with Gasteiger partial charge in [-0.25, -0.2) is 4.79 Å². The Bertz CT molecular complexity index is 434. The standard InChI is InChI=1S/C20H40N4O2/c1-6-22(7-2)16-17-9-10-21-15-18(17)23-11-8-12-24(14-13-23)19(25)26-20(3,4)5/h17-18,21H,6-16H2,1-5H3. The molecule has 2 aliphatic rings. The lowest BCUT2D eigenvalue weighted by molar-refractivity contribution is 0.0249. The van der Waals surface area contributed by atoms with E-state index in [1.165, 1.54) is 13.0 Å². The van der Waals surface area contributed by atoms with Gasteiger partial charge in [0.15, 0.2) is 0 Å². The Morgan fingerprint density at radius 3 is 2.54 bits per heavy atom. The smallest absolute Gasteiger partial charge is 0.410 e. The average molecular weight is 369 g/mol. The summed E-state index contributed by atoms with van der Waals surface area (Å²) < 4.78 is 5.57. The van der Waals surface area contributed by atoms with E-state index in [-0.39, 0.29) is 6.09 Å². The van der Waals surface area contributed by atoms with Crippen molar-refractivity contribution in [2.45, 2.75) is 59.1 Å². The van der Waals surface area contributed by atoms with E-state index in [4.69, 9.17) is 4.74 Å². The number of carbonyl (C=O) groups is 1. The van der Waals surface area contributed by atoms with Crippen molar-refractivity contribution in [1.82, 2.24) is 20.0 Å². The van der Waals surface area contributed by atoms with Crippen LogP contribution in [0.3, 0.4) is 0 Å². The molecule has 1 N–H and O–H groups in total. The van der Waals surface area contributed by atoms with Crippen molar-refractivity contribution in [3.8, 4) is 0 Å². The van der Waals surface area contributed by atoms with Gasteiger partial charge in [0.2, 0.25) is 0 Å². The fraction of sp³-hybridized carbons (Fsp3) is 0.950. The Balaban J connectivity index is 1.94. The first-order valence-corrected chi connectivity index (χ1v) is 10.5. The van der Waals surface area contributed by atoms with E-state index < -0.39 is 5.60 Å². The summed E-state index contributed by atoms with van der Waals surface area (Å²) in [4.78, 5) is 19.5. The molecule has 2 rings (SSSR count). The maximum Gasteiger partial charge on any atom is 0.410 e. The molecule has 0 aromatic heterocycles. The minimum atomic E-state index is -0.425. The zero-order valence-corrected chi connectivity index (χ0v) is 17.6. The molecule has 2 atom stereocenters. The predicted octanol–water partition coefficient (Wildman–Crippen LogP) is 2.25. The summed E-state index contributed by atoms with van der Waals surface area (Å²) in [7, 11) is 0. The molecule has 0 aromatic rings. The molecule has 2 saturated heterocycles. The Hall–Kier alpha value is -0.850. The van der Waals surface area contributed by atoms with Crippen LogP contribution in [0.2, 0.25) is 0 Å². The number of carbonyl (C=O) groups excluding carboxylic acids is 1. The second kappa shape index (κ2) is 9.90. The summed E-state index contributed by atoms with van der Waals surface area (Å²) in [6, 6.07) is 0.572. The first kappa shape index (κ1) is 21.5. The van der Waals surface area contributed by atoms with Gasteiger partial charge < -0.3 is 19.9 Å². The van der Waals surface area contributed by atoms with Crippen LogP contribution in [0.1, 0.15) is 47.5 Å². The summed E-state index contributed by atoms with van der Waals surface area (Å²) in [6.45, 7) is 19.5. The summed E-state index contributed by atoms with van der Waals surface area (Å²) in [6.07, 6.45) is 2.10. The average Bonchev–Trinajstić information content (AvgIpc) is 2.84. The molecule has 0 bridgehead atoms. The van der Waals surface area contributed by atoms with E-state index in [0.717, 1.165) is 58.8 Å². The van der Waals surface area contributed by atoms with Crippen LogP contribution in [0.5, 0.6) is 0 Å². The normalized spacial score (nSPS) is 26.0. The first-order valence-electron chi connectivity index (χ1n) is 10.5. The Kier molecular flexibility index (Phi) is 8.17. The van der Waals surface area contributed by atoms with Gasteiger partial charge in [-0.1, -0.05) is 13.8 Å². The van der Waals surface area contributed by atoms with Crippen molar-refractivity contribution in [3.63, 3.8) is 0 Å². The van der Waals surface area contributed by atoms with Crippen molar-refractivity contribution in [2.75, 3.05) is 58.9 Å². The number of rotatable bonds is 5. The molecule has 2 heterocycles. The first-order chi connectivity index (χ1) is 12.3. The SMILES string of the molecule is CCN(CC)CC1CCNCC1N1CCCN(C(=O)OC(C)(C)C)CC1. The van der Waals surface area contributed by atoms with Gasteiger partial charge in [-0.2, -0.15) is 0 Å². The van der Waals surface area contributed by atoms with Gasteiger partial charge in [-0.15, -0.1) is 0 Å². The van der Waals surface area contributed by atoms with E-state index in [2.05, 4.69) is 29.0 Å². The van der Waals surface area contributed by atoms with Crippen molar-refractivity contribution in [3.05, 3.63) is 0 Å². The van der Waals surface area contributed by atoms with Crippen LogP contribution < -0.4 is 5.32 Å². The number of hydrogen-bond donors (Lipinski definition) is 1. The summed E-state index contributed by atoms with van der Waals surface area (Å²) in [5.41, 5.74) is -0.425. The fourth-order valence-corrected chi connectivity index (χ4v) is 4.13. The zero-order valence-electron chi connectivity index (χ0n) is 17.6. The van der Waals surface area contributed by atoms with Crippen molar-refractivity contribution in [2.24, 2.45) is 5.92 Å². The van der Waals surface area contributed by atoms with Crippen LogP contribution in [-0.2, 0) is 4.74 Å². The molecular formula is C20H40N4O2. The molecule has 0 spiro atoms. The lowest BCUT2D eigenvalue weighted by Gasteiger charge is -2.41. The maximum atomic E-state index is 12.4. The zero-order chi connectivity index (χ0) is 19.2. The van der Waals surface area contributed by atoms with Gasteiger partial charge in [0.05, 0.1) is 0 Å². The summed E-state index contributed by atoms with van der Waals surface area (Å²) in [5, 5.41) is 3.59. The van der Waals surface area contributed by atoms with E-state index >= 15 is 0 Å². The predicted molar refractivity (Wildman–Crippen MR) is 107 cm³/mol. The Morgan fingerprint density at radius 1 is 1.15 bits per heavy atom. The number of hydrogen-bond acceptors (Lipinski definition) is 5. The minimum absolute atomic E-state index is 0.166. The minimum Gasteiger partial charge on any atom is -0.444 e. The largest absolute Gasteiger partial charge is 0.444 e. The number of ether oxygens (including phenoxy) is 1. The molecule has 152 valence electrons. The van der Waals surface area contributed by atoms with Gasteiger partial charge >= 0.3 is 6.09 Å². The highest BCUT2D eigenvalue weighted by Crippen LogP contribution is 2.22. The summed E-state index contributed by atoms with van der Waals surface area (Å²) in [5.74, 6) is 0.712. The van der Waals surface area contributed by atoms with Crippen LogP contribution >= 0.6 is 0 Å². The lowest BCUT2D eigenvalue weighted by atomic mass is 9.90. The molecular weight excluding hydrogens is 328 g/mol. The molecule has 6 nitrogen and oxygen atoms in total. The van der Waals surface area contributed by atoms with Crippen LogP contribution in [0.25, 0.3) is 0 Å². The van der Waals surface area contributed by atoms with Crippen LogP contribution in [0.15, 0.2) is 0 Å². The third-order valence-corrected chi connectivity index (χ3v) is 5.63. The molecule has 26 heavy (non-hydrogen) atoms. The highest BCUT2D eigenvalue weighted by molar-refractivity contribution is 5.68. The number of amides is 1. The van der Waals surface area contributed by atoms with Crippen LogP contribution in [0.4, 0.5) is 4.79 Å². The number of piperidine rings is 1. The van der Waals surface area contributed by atoms with Gasteiger partial charge in [-0.05, 0) is 59.2 Å². The highest BCUT2D eigenvalue weighted by atomic mass is 16.6. The van der Waals surface area contributed by atoms with Gasteiger partial charge in [-0.3, -0.25) is 4.90 Å². The van der Waals surface area contributed by atoms with Crippen LogP contribution in [0, 0.1) is 5.92 Å². The van der Waals surface area contributed by atoms with Gasteiger partial charge in [0, 0.05) is 45.3 Å². The molecule has 2 aliphatic heterocycles. The Morgan fingerprint density at radius 2 is 1.88 bits per heavy atom. The van der Waals surface area contributed by atoms with E-state index in [1.807, 2.05) is 25.7 Å². The van der Waals surface area contributed by atoms with Crippen LogP contribution in [-0.4, -0.2) is 91.3 Å². The number of nitrogens with one attached hydrogen (secondary N) is 1. The molecule has 6 heteroatoms. The van der Waals surface area contributed by atoms with Crippen molar-refractivity contribution >= 4 is 6.09 Å². The topological polar surface area (TPSA) is 48.0 Å². The maximum absolute atomic E-state index is 12.4. The highest BCUT2D eigenvalue weighted by Gasteiger charge is 2.33. The molecule has 0 radical (unpaired) electrons. The molecule has 0 saturated carbocycles. The quantitative estimate of drug-likeness (QED) is 0.806. The second-order valence-electron chi connectivity index (χ2n) is 8.66. The molecule has 0 aliphatic carbocycles. The molecule has 2 fully saturated rings.